The van der Waals surface area contributed by atoms with E-state index in [-0.39, 0.29) is 11.9 Å². The Bertz CT molecular complexity index is 201. The molecule has 0 radical (unpaired) electrons. The number of nitrogens with one attached hydrogen (secondary N) is 1. The first-order valence-corrected chi connectivity index (χ1v) is 5.55. The standard InChI is InChI=1S/C6H14ClNO2S/c1-5(2)8-11(9,10)6(3)4-7/h5-6,8H,4H2,1-3H3. The molecule has 0 rings (SSSR count). The predicted octanol–water partition coefficient (Wildman–Crippen LogP) is 0.942. The number of hydrogen-bond donors (Lipinski definition) is 1. The molecule has 1 atom stereocenters. The van der Waals surface area contributed by atoms with Gasteiger partial charge in [-0.2, -0.15) is 0 Å². The maximum Gasteiger partial charge on any atom is 0.215 e. The topological polar surface area (TPSA) is 46.2 Å². The molecule has 1 unspecified atom stereocenters. The van der Waals surface area contributed by atoms with Crippen molar-refractivity contribution in [1.82, 2.24) is 4.72 Å². The first kappa shape index (κ1) is 11.2. The predicted molar refractivity (Wildman–Crippen MR) is 47.4 cm³/mol. The van der Waals surface area contributed by atoms with Crippen LogP contribution in [0.25, 0.3) is 0 Å². The van der Waals surface area contributed by atoms with Gasteiger partial charge in [0.25, 0.3) is 0 Å². The molecule has 68 valence electrons. The molecule has 11 heavy (non-hydrogen) atoms. The number of hydrogen-bond acceptors (Lipinski definition) is 2. The fraction of sp³-hybridized carbons (Fsp3) is 1.00. The molecule has 5 heteroatoms. The van der Waals surface area contributed by atoms with Crippen molar-refractivity contribution < 1.29 is 8.42 Å². The molecule has 0 aliphatic rings. The zero-order chi connectivity index (χ0) is 9.07. The van der Waals surface area contributed by atoms with E-state index in [1.54, 1.807) is 20.8 Å². The van der Waals surface area contributed by atoms with Crippen LogP contribution in [0.1, 0.15) is 20.8 Å². The molecule has 0 saturated heterocycles. The lowest BCUT2D eigenvalue weighted by molar-refractivity contribution is 0.561. The van der Waals surface area contributed by atoms with Crippen molar-refractivity contribution in [1.29, 1.82) is 0 Å². The Kier molecular flexibility index (Phi) is 4.36. The minimum Gasteiger partial charge on any atom is -0.212 e. The molecular formula is C6H14ClNO2S. The first-order chi connectivity index (χ1) is 4.90. The highest BCUT2D eigenvalue weighted by molar-refractivity contribution is 7.90. The summed E-state index contributed by atoms with van der Waals surface area (Å²) in [7, 11) is -3.19. The SMILES string of the molecule is CC(C)NS(=O)(=O)C(C)CCl. The molecule has 0 aromatic heterocycles. The summed E-state index contributed by atoms with van der Waals surface area (Å²) in [5.74, 6) is 0.127. The lowest BCUT2D eigenvalue weighted by atomic mass is 10.4. The molecule has 0 aromatic carbocycles. The highest BCUT2D eigenvalue weighted by Crippen LogP contribution is 2.01. The summed E-state index contributed by atoms with van der Waals surface area (Å²) < 4.78 is 24.8. The fourth-order valence-corrected chi connectivity index (χ4v) is 2.08. The molecule has 0 fully saturated rings. The van der Waals surface area contributed by atoms with Gasteiger partial charge in [-0.25, -0.2) is 13.1 Å². The van der Waals surface area contributed by atoms with Gasteiger partial charge in [-0.3, -0.25) is 0 Å². The molecule has 0 spiro atoms. The van der Waals surface area contributed by atoms with Gasteiger partial charge in [0.15, 0.2) is 0 Å². The minimum absolute atomic E-state index is 0.0642. The number of halogens is 1. The van der Waals surface area contributed by atoms with Crippen molar-refractivity contribution in [2.45, 2.75) is 32.1 Å². The van der Waals surface area contributed by atoms with Crippen molar-refractivity contribution in [3.63, 3.8) is 0 Å². The van der Waals surface area contributed by atoms with Gasteiger partial charge in [0, 0.05) is 11.9 Å². The highest BCUT2D eigenvalue weighted by Gasteiger charge is 2.19. The molecule has 0 amide bonds. The lowest BCUT2D eigenvalue weighted by Crippen LogP contribution is -2.37. The van der Waals surface area contributed by atoms with E-state index in [0.29, 0.717) is 0 Å². The van der Waals surface area contributed by atoms with Crippen molar-refractivity contribution >= 4 is 21.6 Å². The van der Waals surface area contributed by atoms with E-state index in [4.69, 9.17) is 11.6 Å². The van der Waals surface area contributed by atoms with Crippen molar-refractivity contribution in [3.05, 3.63) is 0 Å². The Morgan fingerprint density at radius 3 is 2.09 bits per heavy atom. The van der Waals surface area contributed by atoms with E-state index in [9.17, 15) is 8.42 Å². The summed E-state index contributed by atoms with van der Waals surface area (Å²) in [6.45, 7) is 5.13. The minimum atomic E-state index is -3.19. The Hall–Kier alpha value is 0.200. The zero-order valence-corrected chi connectivity index (χ0v) is 8.54. The number of rotatable bonds is 4. The molecule has 0 aliphatic carbocycles. The fourth-order valence-electron chi connectivity index (χ4n) is 0.528. The molecule has 0 heterocycles. The average molecular weight is 200 g/mol. The van der Waals surface area contributed by atoms with Crippen LogP contribution in [0.5, 0.6) is 0 Å². The number of sulfonamides is 1. The van der Waals surface area contributed by atoms with Gasteiger partial charge in [0.1, 0.15) is 0 Å². The highest BCUT2D eigenvalue weighted by atomic mass is 35.5. The van der Waals surface area contributed by atoms with Gasteiger partial charge < -0.3 is 0 Å². The van der Waals surface area contributed by atoms with Crippen molar-refractivity contribution in [2.24, 2.45) is 0 Å². The molecule has 0 aromatic rings. The van der Waals surface area contributed by atoms with Crippen LogP contribution in [0.3, 0.4) is 0 Å². The van der Waals surface area contributed by atoms with E-state index < -0.39 is 15.3 Å². The summed E-state index contributed by atoms with van der Waals surface area (Å²) in [5, 5.41) is -0.522. The average Bonchev–Trinajstić information content (AvgIpc) is 1.83. The second-order valence-electron chi connectivity index (χ2n) is 2.78. The van der Waals surface area contributed by atoms with Gasteiger partial charge in [-0.15, -0.1) is 11.6 Å². The second kappa shape index (κ2) is 4.28. The summed E-state index contributed by atoms with van der Waals surface area (Å²) in [6.07, 6.45) is 0. The Morgan fingerprint density at radius 1 is 1.36 bits per heavy atom. The smallest absolute Gasteiger partial charge is 0.212 e. The van der Waals surface area contributed by atoms with Crippen LogP contribution in [0.4, 0.5) is 0 Å². The van der Waals surface area contributed by atoms with E-state index in [2.05, 4.69) is 4.72 Å². The third-order valence-electron chi connectivity index (χ3n) is 1.15. The van der Waals surface area contributed by atoms with Crippen molar-refractivity contribution in [2.75, 3.05) is 5.88 Å². The van der Waals surface area contributed by atoms with Crippen LogP contribution < -0.4 is 4.72 Å². The Balaban J connectivity index is 4.23. The molecule has 3 nitrogen and oxygen atoms in total. The van der Waals surface area contributed by atoms with Gasteiger partial charge in [-0.05, 0) is 20.8 Å². The van der Waals surface area contributed by atoms with E-state index in [1.165, 1.54) is 0 Å². The van der Waals surface area contributed by atoms with E-state index in [1.807, 2.05) is 0 Å². The maximum absolute atomic E-state index is 11.2. The van der Waals surface area contributed by atoms with Gasteiger partial charge in [-0.1, -0.05) is 0 Å². The van der Waals surface area contributed by atoms with Crippen LogP contribution in [0.2, 0.25) is 0 Å². The van der Waals surface area contributed by atoms with Crippen LogP contribution in [0, 0.1) is 0 Å². The third-order valence-corrected chi connectivity index (χ3v) is 3.82. The number of alkyl halides is 1. The maximum atomic E-state index is 11.2. The monoisotopic (exact) mass is 199 g/mol. The summed E-state index contributed by atoms with van der Waals surface area (Å²) in [4.78, 5) is 0. The van der Waals surface area contributed by atoms with Crippen LogP contribution in [-0.4, -0.2) is 25.6 Å². The van der Waals surface area contributed by atoms with Crippen LogP contribution >= 0.6 is 11.6 Å². The largest absolute Gasteiger partial charge is 0.215 e. The molecular weight excluding hydrogens is 186 g/mol. The van der Waals surface area contributed by atoms with E-state index in [0.717, 1.165) is 0 Å². The summed E-state index contributed by atoms with van der Waals surface area (Å²) in [6, 6.07) is -0.0642. The molecule has 1 N–H and O–H groups in total. The van der Waals surface area contributed by atoms with Gasteiger partial charge in [0.2, 0.25) is 10.0 Å². The second-order valence-corrected chi connectivity index (χ2v) is 5.22. The molecule has 0 bridgehead atoms. The van der Waals surface area contributed by atoms with Crippen LogP contribution in [-0.2, 0) is 10.0 Å². The molecule has 0 saturated carbocycles. The third kappa shape index (κ3) is 3.94. The quantitative estimate of drug-likeness (QED) is 0.686. The zero-order valence-electron chi connectivity index (χ0n) is 6.96. The van der Waals surface area contributed by atoms with Gasteiger partial charge >= 0.3 is 0 Å². The Morgan fingerprint density at radius 2 is 1.82 bits per heavy atom. The molecule has 0 aliphatic heterocycles. The van der Waals surface area contributed by atoms with Crippen molar-refractivity contribution in [3.8, 4) is 0 Å². The first-order valence-electron chi connectivity index (χ1n) is 3.47. The Labute approximate surface area is 73.2 Å². The van der Waals surface area contributed by atoms with Gasteiger partial charge in [0.05, 0.1) is 5.25 Å². The van der Waals surface area contributed by atoms with E-state index >= 15 is 0 Å². The van der Waals surface area contributed by atoms with Crippen LogP contribution in [0.15, 0.2) is 0 Å². The normalized spacial score (nSPS) is 15.4. The summed E-state index contributed by atoms with van der Waals surface area (Å²) >= 11 is 5.40. The lowest BCUT2D eigenvalue weighted by Gasteiger charge is -2.13. The summed E-state index contributed by atoms with van der Waals surface area (Å²) in [5.41, 5.74) is 0.